The van der Waals surface area contributed by atoms with E-state index in [1.807, 2.05) is 30.3 Å². The summed E-state index contributed by atoms with van der Waals surface area (Å²) in [7, 11) is 0. The molecule has 0 aliphatic rings. The highest BCUT2D eigenvalue weighted by Gasteiger charge is 2.15. The molecule has 1 heterocycles. The number of hydrogen-bond acceptors (Lipinski definition) is 4. The van der Waals surface area contributed by atoms with E-state index in [2.05, 4.69) is 10.5 Å². The van der Waals surface area contributed by atoms with Crippen LogP contribution in [0.1, 0.15) is 17.4 Å². The number of nitrogens with one attached hydrogen (secondary N) is 1. The van der Waals surface area contributed by atoms with Gasteiger partial charge in [0.25, 0.3) is 5.91 Å². The molecule has 0 bridgehead atoms. The smallest absolute Gasteiger partial charge is 0.273 e. The Morgan fingerprint density at radius 1 is 1.44 bits per heavy atom. The van der Waals surface area contributed by atoms with E-state index in [1.54, 1.807) is 13.0 Å². The van der Waals surface area contributed by atoms with Crippen molar-refractivity contribution < 1.29 is 14.4 Å². The molecule has 18 heavy (non-hydrogen) atoms. The SMILES string of the molecule is C[C@@H](CO)NC(=O)c1cc(-c2ccccc2)on1. The van der Waals surface area contributed by atoms with Crippen LogP contribution in [-0.2, 0) is 0 Å². The number of hydrogen-bond donors (Lipinski definition) is 2. The Labute approximate surface area is 104 Å². The number of amides is 1. The topological polar surface area (TPSA) is 75.4 Å². The number of benzene rings is 1. The van der Waals surface area contributed by atoms with Crippen molar-refractivity contribution in [2.75, 3.05) is 6.61 Å². The number of aromatic nitrogens is 1. The van der Waals surface area contributed by atoms with Gasteiger partial charge in [-0.15, -0.1) is 0 Å². The van der Waals surface area contributed by atoms with Gasteiger partial charge in [-0.1, -0.05) is 35.5 Å². The number of aliphatic hydroxyl groups excluding tert-OH is 1. The maximum absolute atomic E-state index is 11.7. The van der Waals surface area contributed by atoms with Gasteiger partial charge >= 0.3 is 0 Å². The average Bonchev–Trinajstić information content (AvgIpc) is 2.89. The Balaban J connectivity index is 2.13. The molecule has 1 atom stereocenters. The molecule has 0 saturated carbocycles. The van der Waals surface area contributed by atoms with Gasteiger partial charge in [-0.2, -0.15) is 0 Å². The first-order valence-electron chi connectivity index (χ1n) is 5.64. The normalized spacial score (nSPS) is 12.1. The van der Waals surface area contributed by atoms with Gasteiger partial charge in [-0.05, 0) is 6.92 Å². The Bertz CT molecular complexity index is 522. The van der Waals surface area contributed by atoms with Crippen molar-refractivity contribution in [3.8, 4) is 11.3 Å². The van der Waals surface area contributed by atoms with E-state index >= 15 is 0 Å². The van der Waals surface area contributed by atoms with Crippen LogP contribution < -0.4 is 5.32 Å². The first-order chi connectivity index (χ1) is 8.70. The van der Waals surface area contributed by atoms with E-state index in [-0.39, 0.29) is 24.2 Å². The fraction of sp³-hybridized carbons (Fsp3) is 0.231. The molecule has 2 rings (SSSR count). The Hall–Kier alpha value is -2.14. The second-order valence-corrected chi connectivity index (χ2v) is 4.00. The zero-order chi connectivity index (χ0) is 13.0. The molecule has 1 amide bonds. The summed E-state index contributed by atoms with van der Waals surface area (Å²) < 4.78 is 5.11. The molecule has 94 valence electrons. The van der Waals surface area contributed by atoms with Crippen LogP contribution in [0, 0.1) is 0 Å². The molecule has 0 aliphatic heterocycles. The lowest BCUT2D eigenvalue weighted by molar-refractivity contribution is 0.0913. The van der Waals surface area contributed by atoms with E-state index in [4.69, 9.17) is 9.63 Å². The van der Waals surface area contributed by atoms with Gasteiger partial charge in [-0.3, -0.25) is 4.79 Å². The first kappa shape index (κ1) is 12.3. The molecular weight excluding hydrogens is 232 g/mol. The molecule has 0 unspecified atom stereocenters. The van der Waals surface area contributed by atoms with E-state index in [0.29, 0.717) is 5.76 Å². The number of aliphatic hydroxyl groups is 1. The molecule has 0 fully saturated rings. The molecular formula is C13H14N2O3. The summed E-state index contributed by atoms with van der Waals surface area (Å²) in [5.74, 6) is 0.180. The average molecular weight is 246 g/mol. The van der Waals surface area contributed by atoms with E-state index < -0.39 is 0 Å². The highest BCUT2D eigenvalue weighted by molar-refractivity contribution is 5.93. The minimum Gasteiger partial charge on any atom is -0.394 e. The number of carbonyl (C=O) groups excluding carboxylic acids is 1. The van der Waals surface area contributed by atoms with Gasteiger partial charge in [0.15, 0.2) is 11.5 Å². The molecule has 2 aromatic rings. The van der Waals surface area contributed by atoms with Crippen LogP contribution >= 0.6 is 0 Å². The molecule has 0 spiro atoms. The van der Waals surface area contributed by atoms with Crippen LogP contribution in [0.15, 0.2) is 40.9 Å². The molecule has 2 N–H and O–H groups in total. The van der Waals surface area contributed by atoms with Crippen molar-refractivity contribution in [3.63, 3.8) is 0 Å². The third-order valence-corrected chi connectivity index (χ3v) is 2.45. The molecule has 5 heteroatoms. The minimum atomic E-state index is -0.359. The monoisotopic (exact) mass is 246 g/mol. The minimum absolute atomic E-state index is 0.116. The van der Waals surface area contributed by atoms with Crippen molar-refractivity contribution >= 4 is 5.91 Å². The summed E-state index contributed by atoms with van der Waals surface area (Å²) in [5.41, 5.74) is 1.06. The van der Waals surface area contributed by atoms with Crippen molar-refractivity contribution in [1.29, 1.82) is 0 Å². The van der Waals surface area contributed by atoms with Gasteiger partial charge in [0.2, 0.25) is 0 Å². The summed E-state index contributed by atoms with van der Waals surface area (Å²) >= 11 is 0. The number of carbonyl (C=O) groups is 1. The van der Waals surface area contributed by atoms with Crippen LogP contribution in [0.5, 0.6) is 0 Å². The van der Waals surface area contributed by atoms with Gasteiger partial charge in [-0.25, -0.2) is 0 Å². The van der Waals surface area contributed by atoms with Crippen molar-refractivity contribution in [2.45, 2.75) is 13.0 Å². The second kappa shape index (κ2) is 5.46. The maximum Gasteiger partial charge on any atom is 0.273 e. The highest BCUT2D eigenvalue weighted by atomic mass is 16.5. The predicted octanol–water partition coefficient (Wildman–Crippen LogP) is 1.45. The Morgan fingerprint density at radius 3 is 2.83 bits per heavy atom. The maximum atomic E-state index is 11.7. The third-order valence-electron chi connectivity index (χ3n) is 2.45. The molecule has 1 aromatic carbocycles. The lowest BCUT2D eigenvalue weighted by atomic mass is 10.1. The molecule has 0 saturated heterocycles. The largest absolute Gasteiger partial charge is 0.394 e. The lowest BCUT2D eigenvalue weighted by Crippen LogP contribution is -2.35. The quantitative estimate of drug-likeness (QED) is 0.856. The predicted molar refractivity (Wildman–Crippen MR) is 66.0 cm³/mol. The zero-order valence-electron chi connectivity index (χ0n) is 9.96. The number of nitrogens with zero attached hydrogens (tertiary/aromatic N) is 1. The Morgan fingerprint density at radius 2 is 2.17 bits per heavy atom. The molecule has 0 aliphatic carbocycles. The molecule has 0 radical (unpaired) electrons. The second-order valence-electron chi connectivity index (χ2n) is 4.00. The van der Waals surface area contributed by atoms with Crippen LogP contribution in [0.3, 0.4) is 0 Å². The van der Waals surface area contributed by atoms with Crippen LogP contribution in [0.25, 0.3) is 11.3 Å². The van der Waals surface area contributed by atoms with Crippen molar-refractivity contribution in [1.82, 2.24) is 10.5 Å². The van der Waals surface area contributed by atoms with Gasteiger partial charge in [0.05, 0.1) is 6.61 Å². The first-order valence-corrected chi connectivity index (χ1v) is 5.64. The standard InChI is InChI=1S/C13H14N2O3/c1-9(8-16)14-13(17)11-7-12(18-15-11)10-5-3-2-4-6-10/h2-7,9,16H,8H2,1H3,(H,14,17)/t9-/m0/s1. The summed E-state index contributed by atoms with van der Waals surface area (Å²) in [6.07, 6.45) is 0. The van der Waals surface area contributed by atoms with Crippen LogP contribution in [0.2, 0.25) is 0 Å². The molecule has 1 aromatic heterocycles. The summed E-state index contributed by atoms with van der Waals surface area (Å²) in [5, 5.41) is 15.2. The fourth-order valence-electron chi connectivity index (χ4n) is 1.46. The van der Waals surface area contributed by atoms with Gasteiger partial charge in [0, 0.05) is 17.7 Å². The van der Waals surface area contributed by atoms with Crippen molar-refractivity contribution in [2.24, 2.45) is 0 Å². The summed E-state index contributed by atoms with van der Waals surface area (Å²) in [6.45, 7) is 1.59. The van der Waals surface area contributed by atoms with Crippen LogP contribution in [-0.4, -0.2) is 28.8 Å². The molecule has 5 nitrogen and oxygen atoms in total. The van der Waals surface area contributed by atoms with E-state index in [1.165, 1.54) is 0 Å². The summed E-state index contributed by atoms with van der Waals surface area (Å²) in [6, 6.07) is 10.7. The third kappa shape index (κ3) is 2.75. The Kier molecular flexibility index (Phi) is 3.74. The zero-order valence-corrected chi connectivity index (χ0v) is 9.96. The van der Waals surface area contributed by atoms with Crippen LogP contribution in [0.4, 0.5) is 0 Å². The fourth-order valence-corrected chi connectivity index (χ4v) is 1.46. The summed E-state index contributed by atoms with van der Waals surface area (Å²) in [4.78, 5) is 11.7. The van der Waals surface area contributed by atoms with E-state index in [0.717, 1.165) is 5.56 Å². The van der Waals surface area contributed by atoms with E-state index in [9.17, 15) is 4.79 Å². The number of rotatable bonds is 4. The van der Waals surface area contributed by atoms with Crippen molar-refractivity contribution in [3.05, 3.63) is 42.1 Å². The highest BCUT2D eigenvalue weighted by Crippen LogP contribution is 2.19. The van der Waals surface area contributed by atoms with Gasteiger partial charge in [0.1, 0.15) is 0 Å². The van der Waals surface area contributed by atoms with Gasteiger partial charge < -0.3 is 14.9 Å². The lowest BCUT2D eigenvalue weighted by Gasteiger charge is -2.07.